The fourth-order valence-electron chi connectivity index (χ4n) is 3.98. The molecule has 0 aliphatic carbocycles. The Morgan fingerprint density at radius 2 is 1.81 bits per heavy atom. The minimum absolute atomic E-state index is 0.102. The molecule has 0 saturated carbocycles. The van der Waals surface area contributed by atoms with Gasteiger partial charge in [-0.1, -0.05) is 39.0 Å². The number of nitrogens with one attached hydrogen (secondary N) is 1. The molecule has 6 nitrogen and oxygen atoms in total. The van der Waals surface area contributed by atoms with E-state index in [1.807, 2.05) is 42.5 Å². The maximum absolute atomic E-state index is 4.95. The van der Waals surface area contributed by atoms with Gasteiger partial charge in [-0.3, -0.25) is 4.98 Å². The molecular weight excluding hydrogens is 396 g/mol. The van der Waals surface area contributed by atoms with Gasteiger partial charge in [0, 0.05) is 31.9 Å². The van der Waals surface area contributed by atoms with E-state index in [-0.39, 0.29) is 11.5 Å². The number of aromatic nitrogens is 5. The van der Waals surface area contributed by atoms with Gasteiger partial charge in [-0.25, -0.2) is 9.97 Å². The topological polar surface area (TPSA) is 68.5 Å². The second-order valence-electron chi connectivity index (χ2n) is 9.69. The van der Waals surface area contributed by atoms with Gasteiger partial charge in [-0.2, -0.15) is 4.98 Å². The lowest BCUT2D eigenvalue weighted by molar-refractivity contribution is 0.589. The number of imidazole rings is 1. The van der Waals surface area contributed by atoms with Gasteiger partial charge >= 0.3 is 0 Å². The van der Waals surface area contributed by atoms with E-state index in [9.17, 15) is 0 Å². The molecule has 1 atom stereocenters. The summed E-state index contributed by atoms with van der Waals surface area (Å²) >= 11 is 0. The molecule has 3 aromatic heterocycles. The van der Waals surface area contributed by atoms with E-state index >= 15 is 0 Å². The van der Waals surface area contributed by atoms with Crippen LogP contribution in [0.5, 0.6) is 0 Å². The summed E-state index contributed by atoms with van der Waals surface area (Å²) in [7, 11) is 2.00. The van der Waals surface area contributed by atoms with Crippen LogP contribution in [-0.2, 0) is 25.3 Å². The first-order valence-electron chi connectivity index (χ1n) is 11.1. The molecule has 1 N–H and O–H groups in total. The van der Waals surface area contributed by atoms with Crippen LogP contribution >= 0.6 is 0 Å². The molecule has 1 unspecified atom stereocenters. The molecule has 32 heavy (non-hydrogen) atoms. The van der Waals surface area contributed by atoms with Crippen LogP contribution in [0.3, 0.4) is 0 Å². The van der Waals surface area contributed by atoms with Gasteiger partial charge < -0.3 is 9.88 Å². The lowest BCUT2D eigenvalue weighted by atomic mass is 9.84. The van der Waals surface area contributed by atoms with Crippen LogP contribution in [0.2, 0.25) is 0 Å². The van der Waals surface area contributed by atoms with E-state index in [2.05, 4.69) is 68.1 Å². The van der Waals surface area contributed by atoms with E-state index in [4.69, 9.17) is 9.97 Å². The highest BCUT2D eigenvalue weighted by Gasteiger charge is 2.18. The first-order chi connectivity index (χ1) is 15.2. The molecule has 0 saturated heterocycles. The Morgan fingerprint density at radius 1 is 1.06 bits per heavy atom. The molecule has 0 amide bonds. The van der Waals surface area contributed by atoms with Gasteiger partial charge in [-0.15, -0.1) is 0 Å². The molecule has 3 heterocycles. The number of fused-ring (bicyclic) bond motifs is 1. The van der Waals surface area contributed by atoms with Crippen molar-refractivity contribution >= 4 is 17.1 Å². The van der Waals surface area contributed by atoms with Crippen LogP contribution < -0.4 is 5.32 Å². The van der Waals surface area contributed by atoms with Crippen LogP contribution in [0.25, 0.3) is 11.2 Å². The zero-order valence-corrected chi connectivity index (χ0v) is 19.8. The van der Waals surface area contributed by atoms with Crippen molar-refractivity contribution in [1.29, 1.82) is 0 Å². The summed E-state index contributed by atoms with van der Waals surface area (Å²) in [4.78, 5) is 18.3. The highest BCUT2D eigenvalue weighted by atomic mass is 15.2. The first kappa shape index (κ1) is 21.9. The number of anilines is 1. The number of benzene rings is 1. The quantitative estimate of drug-likeness (QED) is 0.468. The molecule has 166 valence electrons. The Kier molecular flexibility index (Phi) is 5.96. The second-order valence-corrected chi connectivity index (χ2v) is 9.69. The highest BCUT2D eigenvalue weighted by molar-refractivity contribution is 5.75. The third-order valence-corrected chi connectivity index (χ3v) is 5.88. The van der Waals surface area contributed by atoms with E-state index in [0.29, 0.717) is 5.95 Å². The smallest absolute Gasteiger partial charge is 0.225 e. The Labute approximate surface area is 190 Å². The van der Waals surface area contributed by atoms with Crippen molar-refractivity contribution in [3.63, 3.8) is 0 Å². The summed E-state index contributed by atoms with van der Waals surface area (Å²) in [6.45, 7) is 11.1. The van der Waals surface area contributed by atoms with Crippen molar-refractivity contribution in [2.24, 2.45) is 7.05 Å². The number of hydrogen-bond donors (Lipinski definition) is 1. The van der Waals surface area contributed by atoms with Crippen molar-refractivity contribution in [2.45, 2.75) is 58.9 Å². The number of hydrogen-bond acceptors (Lipinski definition) is 5. The normalized spacial score (nSPS) is 12.8. The summed E-state index contributed by atoms with van der Waals surface area (Å²) in [5.74, 6) is 0.623. The number of aryl methyl sites for hydroxylation is 2. The molecule has 0 spiro atoms. The second kappa shape index (κ2) is 8.69. The van der Waals surface area contributed by atoms with Crippen LogP contribution in [0, 0.1) is 6.92 Å². The van der Waals surface area contributed by atoms with Gasteiger partial charge in [0.2, 0.25) is 5.95 Å². The largest absolute Gasteiger partial charge is 0.351 e. The van der Waals surface area contributed by atoms with Crippen molar-refractivity contribution < 1.29 is 0 Å². The minimum atomic E-state index is 0.102. The molecule has 0 bridgehead atoms. The van der Waals surface area contributed by atoms with Gasteiger partial charge in [-0.05, 0) is 60.1 Å². The fraction of sp³-hybridized carbons (Fsp3) is 0.385. The molecule has 0 aliphatic rings. The number of pyridine rings is 1. The van der Waals surface area contributed by atoms with Gasteiger partial charge in [0.1, 0.15) is 5.52 Å². The lowest BCUT2D eigenvalue weighted by Crippen LogP contribution is -2.20. The zero-order chi connectivity index (χ0) is 22.9. The average molecular weight is 429 g/mol. The van der Waals surface area contributed by atoms with Crippen LogP contribution in [0.1, 0.15) is 55.6 Å². The third kappa shape index (κ3) is 4.79. The average Bonchev–Trinajstić information content (AvgIpc) is 3.10. The monoisotopic (exact) mass is 428 g/mol. The van der Waals surface area contributed by atoms with Crippen LogP contribution in [0.4, 0.5) is 5.95 Å². The fourth-order valence-corrected chi connectivity index (χ4v) is 3.98. The molecular formula is C26H32N6. The minimum Gasteiger partial charge on any atom is -0.351 e. The van der Waals surface area contributed by atoms with Crippen molar-refractivity contribution in [3.8, 4) is 0 Å². The molecule has 4 rings (SSSR count). The molecule has 6 heteroatoms. The van der Waals surface area contributed by atoms with Crippen LogP contribution in [0.15, 0.2) is 49.1 Å². The zero-order valence-electron chi connectivity index (χ0n) is 19.8. The predicted molar refractivity (Wildman–Crippen MR) is 130 cm³/mol. The Bertz CT molecular complexity index is 1220. The summed E-state index contributed by atoms with van der Waals surface area (Å²) < 4.78 is 2.01. The van der Waals surface area contributed by atoms with E-state index in [1.165, 1.54) is 22.3 Å². The SMILES string of the molecule is Cc1ccc(C(C)(C)C)cc1Cc1nc(NC(C)Cc2ccncc2)nc2ncn(C)c12. The van der Waals surface area contributed by atoms with E-state index in [0.717, 1.165) is 29.7 Å². The number of nitrogens with zero attached hydrogens (tertiary/aromatic N) is 5. The standard InChI is InChI=1S/C26H32N6/c1-17-7-8-21(26(3,4)5)14-20(17)15-22-23-24(28-16-32(23)6)31-25(30-22)29-18(2)13-19-9-11-27-12-10-19/h7-12,14,16,18H,13,15H2,1-6H3,(H,29,30,31). The number of rotatable bonds is 6. The van der Waals surface area contributed by atoms with Gasteiger partial charge in [0.15, 0.2) is 5.65 Å². The van der Waals surface area contributed by atoms with Crippen molar-refractivity contribution in [2.75, 3.05) is 5.32 Å². The highest BCUT2D eigenvalue weighted by Crippen LogP contribution is 2.27. The van der Waals surface area contributed by atoms with E-state index < -0.39 is 0 Å². The molecule has 0 radical (unpaired) electrons. The Morgan fingerprint density at radius 3 is 2.53 bits per heavy atom. The van der Waals surface area contributed by atoms with Crippen molar-refractivity contribution in [1.82, 2.24) is 24.5 Å². The van der Waals surface area contributed by atoms with Crippen molar-refractivity contribution in [3.05, 3.63) is 77.0 Å². The lowest BCUT2D eigenvalue weighted by Gasteiger charge is -2.21. The van der Waals surface area contributed by atoms with E-state index in [1.54, 1.807) is 0 Å². The summed E-state index contributed by atoms with van der Waals surface area (Å²) in [6, 6.07) is 11.0. The Hall–Kier alpha value is -3.28. The first-order valence-corrected chi connectivity index (χ1v) is 11.1. The molecule has 4 aromatic rings. The molecule has 0 fully saturated rings. The molecule has 0 aliphatic heterocycles. The summed E-state index contributed by atoms with van der Waals surface area (Å²) in [5.41, 5.74) is 7.92. The van der Waals surface area contributed by atoms with Crippen LogP contribution in [-0.4, -0.2) is 30.5 Å². The van der Waals surface area contributed by atoms with Gasteiger partial charge in [0.05, 0.1) is 12.0 Å². The third-order valence-electron chi connectivity index (χ3n) is 5.88. The molecule has 1 aromatic carbocycles. The Balaban J connectivity index is 1.66. The van der Waals surface area contributed by atoms with Gasteiger partial charge in [0.25, 0.3) is 0 Å². The predicted octanol–water partition coefficient (Wildman–Crippen LogP) is 5.00. The summed E-state index contributed by atoms with van der Waals surface area (Å²) in [5, 5.41) is 3.48. The maximum Gasteiger partial charge on any atom is 0.225 e. The summed E-state index contributed by atoms with van der Waals surface area (Å²) in [6.07, 6.45) is 7.07. The maximum atomic E-state index is 4.95.